The highest BCUT2D eigenvalue weighted by Gasteiger charge is 2.22. The molecule has 1 fully saturated rings. The maximum absolute atomic E-state index is 13.7. The first-order valence-corrected chi connectivity index (χ1v) is 14.4. The molecule has 1 amide bonds. The van der Waals surface area contributed by atoms with Crippen LogP contribution in [0, 0.1) is 0 Å². The van der Waals surface area contributed by atoms with Crippen LogP contribution in [0.3, 0.4) is 0 Å². The molecule has 8 heteroatoms. The van der Waals surface area contributed by atoms with E-state index in [9.17, 15) is 9.59 Å². The second-order valence-corrected chi connectivity index (χ2v) is 11.4. The average Bonchev–Trinajstić information content (AvgIpc) is 3.37. The van der Waals surface area contributed by atoms with Gasteiger partial charge in [0.25, 0.3) is 5.91 Å². The molecule has 3 aromatic rings. The van der Waals surface area contributed by atoms with Crippen LogP contribution in [-0.4, -0.2) is 71.1 Å². The van der Waals surface area contributed by atoms with E-state index >= 15 is 0 Å². The van der Waals surface area contributed by atoms with Gasteiger partial charge in [0, 0.05) is 62.3 Å². The Bertz CT molecular complexity index is 1490. The second kappa shape index (κ2) is 11.8. The number of fused-ring (bicyclic) bond motifs is 1. The molecule has 1 aromatic carbocycles. The van der Waals surface area contributed by atoms with Gasteiger partial charge in [-0.2, -0.15) is 5.10 Å². The van der Waals surface area contributed by atoms with Crippen molar-refractivity contribution in [3.05, 3.63) is 65.0 Å². The number of aromatic nitrogens is 3. The summed E-state index contributed by atoms with van der Waals surface area (Å²) in [5, 5.41) is 8.49. The van der Waals surface area contributed by atoms with E-state index in [-0.39, 0.29) is 24.3 Å². The Kier molecular flexibility index (Phi) is 8.17. The molecular weight excluding hydrogens is 500 g/mol. The summed E-state index contributed by atoms with van der Waals surface area (Å²) in [6.45, 7) is 12.4. The highest BCUT2D eigenvalue weighted by Crippen LogP contribution is 2.31. The van der Waals surface area contributed by atoms with Crippen molar-refractivity contribution in [2.75, 3.05) is 44.7 Å². The Morgan fingerprint density at radius 3 is 2.60 bits per heavy atom. The van der Waals surface area contributed by atoms with Crippen molar-refractivity contribution >= 4 is 28.4 Å². The Balaban J connectivity index is 1.50. The predicted octanol–water partition coefficient (Wildman–Crippen LogP) is 5.18. The van der Waals surface area contributed by atoms with Crippen LogP contribution in [0.5, 0.6) is 0 Å². The monoisotopic (exact) mass is 540 g/mol. The number of likely N-dealkylation sites (N-methyl/N-ethyl adjacent to an activating group) is 1. The molecule has 1 aliphatic heterocycles. The molecule has 0 radical (unpaired) electrons. The molecule has 40 heavy (non-hydrogen) atoms. The SMILES string of the molecule is CCCC1=C(CNC(=O)c2cc(-c3ccnc(N4CCN(C)CC4)c3)cc3c2cnn3C(C)C)C(=O)CC(C)=C1. The number of allylic oxidation sites excluding steroid dienone is 3. The number of hydrogen-bond donors (Lipinski definition) is 1. The number of amides is 1. The number of ketones is 1. The van der Waals surface area contributed by atoms with Crippen molar-refractivity contribution in [3.63, 3.8) is 0 Å². The number of nitrogens with zero attached hydrogens (tertiary/aromatic N) is 5. The number of pyridine rings is 1. The second-order valence-electron chi connectivity index (χ2n) is 11.4. The topological polar surface area (TPSA) is 83.4 Å². The summed E-state index contributed by atoms with van der Waals surface area (Å²) in [6, 6.07) is 8.30. The zero-order chi connectivity index (χ0) is 28.4. The molecule has 5 rings (SSSR count). The van der Waals surface area contributed by atoms with Gasteiger partial charge in [-0.3, -0.25) is 14.3 Å². The molecule has 1 N–H and O–H groups in total. The van der Waals surface area contributed by atoms with E-state index in [0.29, 0.717) is 12.0 Å². The van der Waals surface area contributed by atoms with Gasteiger partial charge in [-0.1, -0.05) is 25.0 Å². The summed E-state index contributed by atoms with van der Waals surface area (Å²) in [5.41, 5.74) is 6.25. The number of benzene rings is 1. The van der Waals surface area contributed by atoms with Crippen molar-refractivity contribution in [2.45, 2.75) is 53.0 Å². The molecular formula is C32H40N6O2. The van der Waals surface area contributed by atoms with Gasteiger partial charge in [-0.25, -0.2) is 4.98 Å². The summed E-state index contributed by atoms with van der Waals surface area (Å²) in [5.74, 6) is 0.845. The zero-order valence-electron chi connectivity index (χ0n) is 24.3. The average molecular weight is 541 g/mol. The molecule has 0 spiro atoms. The molecule has 210 valence electrons. The summed E-state index contributed by atoms with van der Waals surface area (Å²) in [6.07, 6.45) is 7.92. The summed E-state index contributed by atoms with van der Waals surface area (Å²) in [7, 11) is 2.14. The van der Waals surface area contributed by atoms with E-state index in [0.717, 1.165) is 83.6 Å². The molecule has 0 atom stereocenters. The summed E-state index contributed by atoms with van der Waals surface area (Å²) < 4.78 is 1.96. The van der Waals surface area contributed by atoms with E-state index in [1.807, 2.05) is 29.9 Å². The van der Waals surface area contributed by atoms with Crippen molar-refractivity contribution in [3.8, 4) is 11.1 Å². The quantitative estimate of drug-likeness (QED) is 0.424. The van der Waals surface area contributed by atoms with Crippen LogP contribution in [0.2, 0.25) is 0 Å². The van der Waals surface area contributed by atoms with Crippen LogP contribution in [-0.2, 0) is 4.79 Å². The fourth-order valence-electron chi connectivity index (χ4n) is 5.66. The number of rotatable bonds is 8. The van der Waals surface area contributed by atoms with Gasteiger partial charge in [-0.05, 0) is 75.2 Å². The van der Waals surface area contributed by atoms with Gasteiger partial charge < -0.3 is 15.1 Å². The van der Waals surface area contributed by atoms with Crippen LogP contribution in [0.25, 0.3) is 22.0 Å². The van der Waals surface area contributed by atoms with E-state index < -0.39 is 0 Å². The van der Waals surface area contributed by atoms with Crippen LogP contribution in [0.1, 0.15) is 63.4 Å². The minimum absolute atomic E-state index is 0.100. The van der Waals surface area contributed by atoms with Gasteiger partial charge in [0.2, 0.25) is 0 Å². The number of nitrogens with one attached hydrogen (secondary N) is 1. The largest absolute Gasteiger partial charge is 0.354 e. The van der Waals surface area contributed by atoms with Crippen LogP contribution < -0.4 is 10.2 Å². The van der Waals surface area contributed by atoms with Crippen LogP contribution in [0.15, 0.2) is 59.5 Å². The van der Waals surface area contributed by atoms with Crippen LogP contribution >= 0.6 is 0 Å². The maximum Gasteiger partial charge on any atom is 0.252 e. The van der Waals surface area contributed by atoms with E-state index in [1.165, 1.54) is 0 Å². The van der Waals surface area contributed by atoms with Crippen LogP contribution in [0.4, 0.5) is 5.82 Å². The standard InChI is InChI=1S/C32H40N6O2/c1-6-7-24-14-22(4)15-30(39)27(24)19-34-32(40)26-16-25(17-29-28(26)20-35-38(29)21(2)3)23-8-9-33-31(18-23)37-12-10-36(5)11-13-37/h8-9,14,16-18,20-21H,6-7,10-13,15,19H2,1-5H3,(H,34,40). The minimum atomic E-state index is -0.203. The number of anilines is 1. The van der Waals surface area contributed by atoms with Gasteiger partial charge in [-0.15, -0.1) is 0 Å². The summed E-state index contributed by atoms with van der Waals surface area (Å²) >= 11 is 0. The number of carbonyl (C=O) groups is 2. The van der Waals surface area contributed by atoms with E-state index in [4.69, 9.17) is 0 Å². The predicted molar refractivity (Wildman–Crippen MR) is 161 cm³/mol. The van der Waals surface area contributed by atoms with E-state index in [1.54, 1.807) is 6.20 Å². The van der Waals surface area contributed by atoms with E-state index in [2.05, 4.69) is 71.2 Å². The third-order valence-electron chi connectivity index (χ3n) is 7.89. The first kappa shape index (κ1) is 27.8. The van der Waals surface area contributed by atoms with Crippen molar-refractivity contribution < 1.29 is 9.59 Å². The lowest BCUT2D eigenvalue weighted by atomic mass is 9.89. The van der Waals surface area contributed by atoms with Crippen molar-refractivity contribution in [1.82, 2.24) is 25.0 Å². The number of piperazine rings is 1. The fourth-order valence-corrected chi connectivity index (χ4v) is 5.66. The Morgan fingerprint density at radius 2 is 1.88 bits per heavy atom. The Labute approximate surface area is 236 Å². The number of hydrogen-bond acceptors (Lipinski definition) is 6. The number of carbonyl (C=O) groups excluding carboxylic acids is 2. The highest BCUT2D eigenvalue weighted by molar-refractivity contribution is 6.09. The van der Waals surface area contributed by atoms with Gasteiger partial charge in [0.15, 0.2) is 5.78 Å². The smallest absolute Gasteiger partial charge is 0.252 e. The number of Topliss-reactive ketones (excluding diaryl/α,β-unsaturated/α-hetero) is 1. The lowest BCUT2D eigenvalue weighted by Gasteiger charge is -2.33. The first-order chi connectivity index (χ1) is 19.2. The maximum atomic E-state index is 13.7. The van der Waals surface area contributed by atoms with Gasteiger partial charge >= 0.3 is 0 Å². The molecule has 0 saturated carbocycles. The third-order valence-corrected chi connectivity index (χ3v) is 7.89. The van der Waals surface area contributed by atoms with Gasteiger partial charge in [0.1, 0.15) is 5.82 Å². The zero-order valence-corrected chi connectivity index (χ0v) is 24.3. The lowest BCUT2D eigenvalue weighted by molar-refractivity contribution is -0.115. The Morgan fingerprint density at radius 1 is 1.10 bits per heavy atom. The van der Waals surface area contributed by atoms with Gasteiger partial charge in [0.05, 0.1) is 17.3 Å². The van der Waals surface area contributed by atoms with Crippen molar-refractivity contribution in [2.24, 2.45) is 0 Å². The lowest BCUT2D eigenvalue weighted by Crippen LogP contribution is -2.44. The van der Waals surface area contributed by atoms with Crippen molar-refractivity contribution in [1.29, 1.82) is 0 Å². The molecule has 2 aliphatic rings. The molecule has 2 aromatic heterocycles. The highest BCUT2D eigenvalue weighted by atomic mass is 16.2. The molecule has 8 nitrogen and oxygen atoms in total. The molecule has 0 unspecified atom stereocenters. The summed E-state index contributed by atoms with van der Waals surface area (Å²) in [4.78, 5) is 35.9. The third kappa shape index (κ3) is 5.72. The molecule has 1 saturated heterocycles. The molecule has 0 bridgehead atoms. The normalized spacial score (nSPS) is 16.7. The molecule has 1 aliphatic carbocycles. The molecule has 3 heterocycles. The Hall–Kier alpha value is -3.78. The first-order valence-electron chi connectivity index (χ1n) is 14.4. The fraction of sp³-hybridized carbons (Fsp3) is 0.438. The minimum Gasteiger partial charge on any atom is -0.354 e.